The average molecular weight is 243 g/mol. The van der Waals surface area contributed by atoms with E-state index < -0.39 is 0 Å². The van der Waals surface area contributed by atoms with Gasteiger partial charge in [-0.1, -0.05) is 0 Å². The van der Waals surface area contributed by atoms with Crippen LogP contribution in [-0.2, 0) is 4.74 Å². The van der Waals surface area contributed by atoms with Gasteiger partial charge in [-0.2, -0.15) is 0 Å². The van der Waals surface area contributed by atoms with Crippen molar-refractivity contribution in [1.29, 1.82) is 0 Å². The van der Waals surface area contributed by atoms with Crippen molar-refractivity contribution in [3.63, 3.8) is 0 Å². The molecule has 1 aliphatic rings. The van der Waals surface area contributed by atoms with E-state index in [9.17, 15) is 4.79 Å². The largest absolute Gasteiger partial charge is 0.381 e. The molecule has 0 bridgehead atoms. The van der Waals surface area contributed by atoms with Crippen LogP contribution in [0.5, 0.6) is 0 Å². The van der Waals surface area contributed by atoms with Gasteiger partial charge in [0.25, 0.3) is 0 Å². The molecule has 2 amide bonds. The molecule has 0 aromatic heterocycles. The van der Waals surface area contributed by atoms with Crippen LogP contribution in [0.15, 0.2) is 0 Å². The molecule has 17 heavy (non-hydrogen) atoms. The number of ether oxygens (including phenoxy) is 1. The second kappa shape index (κ2) is 6.21. The van der Waals surface area contributed by atoms with E-state index in [0.29, 0.717) is 6.54 Å². The van der Waals surface area contributed by atoms with E-state index in [-0.39, 0.29) is 17.6 Å². The molecule has 5 nitrogen and oxygen atoms in total. The van der Waals surface area contributed by atoms with Gasteiger partial charge in [0.05, 0.1) is 0 Å². The Kier molecular flexibility index (Phi) is 5.21. The van der Waals surface area contributed by atoms with Crippen molar-refractivity contribution in [3.8, 4) is 0 Å². The van der Waals surface area contributed by atoms with E-state index in [1.165, 1.54) is 0 Å². The maximum atomic E-state index is 11.7. The number of hydrogen-bond acceptors (Lipinski definition) is 3. The quantitative estimate of drug-likeness (QED) is 0.768. The van der Waals surface area contributed by atoms with E-state index in [2.05, 4.69) is 29.4 Å². The van der Waals surface area contributed by atoms with Crippen molar-refractivity contribution < 1.29 is 9.53 Å². The first kappa shape index (κ1) is 14.3. The lowest BCUT2D eigenvalue weighted by Gasteiger charge is -2.33. The molecule has 5 heteroatoms. The monoisotopic (exact) mass is 243 g/mol. The Balaban J connectivity index is 2.25. The van der Waals surface area contributed by atoms with Gasteiger partial charge in [-0.15, -0.1) is 0 Å². The molecule has 0 spiro atoms. The van der Waals surface area contributed by atoms with Crippen LogP contribution in [0.4, 0.5) is 4.79 Å². The molecule has 0 saturated carbocycles. The molecule has 0 unspecified atom stereocenters. The predicted molar refractivity (Wildman–Crippen MR) is 68.1 cm³/mol. The van der Waals surface area contributed by atoms with E-state index in [1.807, 2.05) is 14.1 Å². The Morgan fingerprint density at radius 3 is 2.47 bits per heavy atom. The summed E-state index contributed by atoms with van der Waals surface area (Å²) in [5.41, 5.74) is -0.0347. The van der Waals surface area contributed by atoms with Crippen LogP contribution in [0.2, 0.25) is 0 Å². The summed E-state index contributed by atoms with van der Waals surface area (Å²) in [7, 11) is 4.02. The zero-order chi connectivity index (χ0) is 12.9. The third-order valence-corrected chi connectivity index (χ3v) is 3.45. The topological polar surface area (TPSA) is 53.6 Å². The van der Waals surface area contributed by atoms with E-state index in [1.54, 1.807) is 0 Å². The summed E-state index contributed by atoms with van der Waals surface area (Å²) in [5.74, 6) is 0. The lowest BCUT2D eigenvalue weighted by Crippen LogP contribution is -2.52. The van der Waals surface area contributed by atoms with Crippen molar-refractivity contribution in [2.45, 2.75) is 38.3 Å². The van der Waals surface area contributed by atoms with E-state index in [0.717, 1.165) is 26.1 Å². The number of likely N-dealkylation sites (N-methyl/N-ethyl adjacent to an activating group) is 1. The number of urea groups is 1. The molecule has 100 valence electrons. The molecule has 1 fully saturated rings. The summed E-state index contributed by atoms with van der Waals surface area (Å²) in [5, 5.41) is 5.90. The van der Waals surface area contributed by atoms with E-state index in [4.69, 9.17) is 4.74 Å². The molecule has 0 radical (unpaired) electrons. The Bertz CT molecular complexity index is 248. The lowest BCUT2D eigenvalue weighted by molar-refractivity contribution is 0.0798. The second-order valence-electron chi connectivity index (χ2n) is 5.42. The van der Waals surface area contributed by atoms with Crippen molar-refractivity contribution in [1.82, 2.24) is 15.5 Å². The predicted octanol–water partition coefficient (Wildman–Crippen LogP) is 0.805. The number of rotatable bonds is 4. The Morgan fingerprint density at radius 2 is 1.94 bits per heavy atom. The third-order valence-electron chi connectivity index (χ3n) is 3.45. The Hall–Kier alpha value is -0.810. The highest BCUT2D eigenvalue weighted by molar-refractivity contribution is 5.74. The highest BCUT2D eigenvalue weighted by atomic mass is 16.5. The highest BCUT2D eigenvalue weighted by Gasteiger charge is 2.22. The van der Waals surface area contributed by atoms with Gasteiger partial charge in [0.1, 0.15) is 0 Å². The fourth-order valence-corrected chi connectivity index (χ4v) is 1.53. The lowest BCUT2D eigenvalue weighted by atomic mass is 10.0. The van der Waals surface area contributed by atoms with Gasteiger partial charge in [0.15, 0.2) is 0 Å². The number of nitrogens with one attached hydrogen (secondary N) is 2. The number of amides is 2. The Labute approximate surface area is 104 Å². The van der Waals surface area contributed by atoms with Crippen LogP contribution >= 0.6 is 0 Å². The summed E-state index contributed by atoms with van der Waals surface area (Å²) in [6.45, 7) is 6.32. The number of hydrogen-bond donors (Lipinski definition) is 2. The van der Waals surface area contributed by atoms with Crippen LogP contribution in [0.3, 0.4) is 0 Å². The summed E-state index contributed by atoms with van der Waals surface area (Å²) in [4.78, 5) is 13.8. The van der Waals surface area contributed by atoms with Gasteiger partial charge in [-0.05, 0) is 40.8 Å². The third kappa shape index (κ3) is 4.91. The highest BCUT2D eigenvalue weighted by Crippen LogP contribution is 2.08. The minimum atomic E-state index is -0.0770. The van der Waals surface area contributed by atoms with Gasteiger partial charge >= 0.3 is 6.03 Å². The fourth-order valence-electron chi connectivity index (χ4n) is 1.53. The van der Waals surface area contributed by atoms with Gasteiger partial charge in [0.2, 0.25) is 0 Å². The molecule has 0 aliphatic carbocycles. The summed E-state index contributed by atoms with van der Waals surface area (Å²) >= 11 is 0. The molecular weight excluding hydrogens is 218 g/mol. The van der Waals surface area contributed by atoms with Crippen LogP contribution in [-0.4, -0.2) is 56.4 Å². The Morgan fingerprint density at radius 1 is 1.35 bits per heavy atom. The SMILES string of the molecule is CN(C)C(C)(C)CNC(=O)NC1CCOCC1. The van der Waals surface area contributed by atoms with Crippen LogP contribution in [0.25, 0.3) is 0 Å². The molecule has 0 aromatic rings. The molecule has 0 atom stereocenters. The zero-order valence-electron chi connectivity index (χ0n) is 11.4. The van der Waals surface area contributed by atoms with Crippen LogP contribution in [0, 0.1) is 0 Å². The molecule has 1 saturated heterocycles. The van der Waals surface area contributed by atoms with Crippen LogP contribution in [0.1, 0.15) is 26.7 Å². The van der Waals surface area contributed by atoms with Gasteiger partial charge < -0.3 is 20.3 Å². The molecule has 1 rings (SSSR count). The van der Waals surface area contributed by atoms with Crippen molar-refractivity contribution in [2.75, 3.05) is 33.9 Å². The maximum Gasteiger partial charge on any atom is 0.315 e. The zero-order valence-corrected chi connectivity index (χ0v) is 11.4. The number of carbonyl (C=O) groups excluding carboxylic acids is 1. The van der Waals surface area contributed by atoms with Crippen molar-refractivity contribution in [2.24, 2.45) is 0 Å². The van der Waals surface area contributed by atoms with Crippen molar-refractivity contribution >= 4 is 6.03 Å². The average Bonchev–Trinajstić information content (AvgIpc) is 2.28. The number of carbonyl (C=O) groups is 1. The van der Waals surface area contributed by atoms with Crippen LogP contribution < -0.4 is 10.6 Å². The maximum absolute atomic E-state index is 11.7. The minimum Gasteiger partial charge on any atom is -0.381 e. The molecule has 2 N–H and O–H groups in total. The van der Waals surface area contributed by atoms with Crippen molar-refractivity contribution in [3.05, 3.63) is 0 Å². The first-order chi connectivity index (χ1) is 7.92. The molecule has 0 aromatic carbocycles. The first-order valence-electron chi connectivity index (χ1n) is 6.21. The minimum absolute atomic E-state index is 0.0347. The smallest absolute Gasteiger partial charge is 0.315 e. The van der Waals surface area contributed by atoms with Gasteiger partial charge in [0, 0.05) is 31.3 Å². The van der Waals surface area contributed by atoms with Gasteiger partial charge in [-0.25, -0.2) is 4.79 Å². The first-order valence-corrected chi connectivity index (χ1v) is 6.21. The summed E-state index contributed by atoms with van der Waals surface area (Å²) in [6.07, 6.45) is 1.81. The van der Waals surface area contributed by atoms with E-state index >= 15 is 0 Å². The van der Waals surface area contributed by atoms with Gasteiger partial charge in [-0.3, -0.25) is 0 Å². The fraction of sp³-hybridized carbons (Fsp3) is 0.917. The molecule has 1 aliphatic heterocycles. The normalized spacial score (nSPS) is 18.2. The molecule has 1 heterocycles. The molecular formula is C12H25N3O2. The summed E-state index contributed by atoms with van der Waals surface area (Å²) in [6, 6.07) is 0.179. The number of nitrogens with zero attached hydrogens (tertiary/aromatic N) is 1. The standard InChI is InChI=1S/C12H25N3O2/c1-12(2,15(3)4)9-13-11(16)14-10-5-7-17-8-6-10/h10H,5-9H2,1-4H3,(H2,13,14,16). The second-order valence-corrected chi connectivity index (χ2v) is 5.42. The summed E-state index contributed by atoms with van der Waals surface area (Å²) < 4.78 is 5.25.